The van der Waals surface area contributed by atoms with Crippen LogP contribution in [0.2, 0.25) is 0 Å². The quantitative estimate of drug-likeness (QED) is 0.707. The number of carbonyl (C=O) groups excluding carboxylic acids is 2. The van der Waals surface area contributed by atoms with E-state index in [4.69, 9.17) is 0 Å². The van der Waals surface area contributed by atoms with Crippen molar-refractivity contribution < 1.29 is 14.0 Å². The van der Waals surface area contributed by atoms with Gasteiger partial charge >= 0.3 is 0 Å². The number of rotatable bonds is 6. The molecule has 1 aromatic heterocycles. The Bertz CT molecular complexity index is 941. The van der Waals surface area contributed by atoms with Gasteiger partial charge in [-0.15, -0.1) is 0 Å². The summed E-state index contributed by atoms with van der Waals surface area (Å²) in [6.07, 6.45) is 7.39. The molecule has 164 valence electrons. The smallest absolute Gasteiger partial charge is 0.257 e. The van der Waals surface area contributed by atoms with Crippen LogP contribution in [0, 0.1) is 12.7 Å². The molecule has 0 aliphatic carbocycles. The first-order valence-corrected chi connectivity index (χ1v) is 11.2. The van der Waals surface area contributed by atoms with Gasteiger partial charge < -0.3 is 9.80 Å². The Balaban J connectivity index is 1.38. The van der Waals surface area contributed by atoms with Crippen LogP contribution in [0.5, 0.6) is 0 Å². The van der Waals surface area contributed by atoms with Crippen LogP contribution in [-0.4, -0.2) is 51.2 Å². The van der Waals surface area contributed by atoms with Gasteiger partial charge in [0.05, 0.1) is 17.3 Å². The van der Waals surface area contributed by atoms with Crippen LogP contribution in [0.1, 0.15) is 72.0 Å². The fourth-order valence-electron chi connectivity index (χ4n) is 4.52. The number of aryl methyl sites for hydroxylation is 2. The van der Waals surface area contributed by atoms with E-state index in [1.165, 1.54) is 12.1 Å². The monoisotopic (exact) mass is 424 g/mol. The maximum Gasteiger partial charge on any atom is 0.257 e. The average molecular weight is 425 g/mol. The first-order chi connectivity index (χ1) is 15.0. The number of aromatic nitrogens is 2. The molecule has 1 atom stereocenters. The molecule has 0 N–H and O–H groups in total. The van der Waals surface area contributed by atoms with E-state index in [9.17, 15) is 14.0 Å². The van der Waals surface area contributed by atoms with Crippen molar-refractivity contribution in [1.29, 1.82) is 0 Å². The number of hydrogen-bond donors (Lipinski definition) is 0. The molecule has 0 spiro atoms. The van der Waals surface area contributed by atoms with E-state index in [-0.39, 0.29) is 23.7 Å². The molecular weight excluding hydrogens is 395 g/mol. The maximum absolute atomic E-state index is 13.0. The second-order valence-corrected chi connectivity index (χ2v) is 8.45. The van der Waals surface area contributed by atoms with Crippen LogP contribution in [0.3, 0.4) is 0 Å². The van der Waals surface area contributed by atoms with E-state index in [2.05, 4.69) is 9.97 Å². The van der Waals surface area contributed by atoms with Crippen molar-refractivity contribution in [2.75, 3.05) is 19.6 Å². The van der Waals surface area contributed by atoms with Crippen molar-refractivity contribution in [3.05, 3.63) is 58.9 Å². The highest BCUT2D eigenvalue weighted by Gasteiger charge is 2.32. The molecule has 0 saturated carbocycles. The third kappa shape index (κ3) is 4.92. The van der Waals surface area contributed by atoms with Crippen LogP contribution in [0.15, 0.2) is 30.5 Å². The molecule has 7 heteroatoms. The second kappa shape index (κ2) is 9.54. The van der Waals surface area contributed by atoms with Gasteiger partial charge in [-0.2, -0.15) is 0 Å². The van der Waals surface area contributed by atoms with Gasteiger partial charge in [0.25, 0.3) is 5.91 Å². The lowest BCUT2D eigenvalue weighted by Crippen LogP contribution is -2.32. The van der Waals surface area contributed by atoms with E-state index in [1.54, 1.807) is 18.3 Å². The molecule has 6 nitrogen and oxygen atoms in total. The van der Waals surface area contributed by atoms with Gasteiger partial charge in [-0.25, -0.2) is 14.4 Å². The Kier molecular flexibility index (Phi) is 6.59. The maximum atomic E-state index is 13.0. The standard InChI is InChI=1S/C24H29FN4O2/c1-17-20(24(31)28-13-2-3-14-28)16-26-23(27-17)21-7-5-15-29(21)22(30)8-4-6-18-9-11-19(25)12-10-18/h9-12,16,21H,2-8,13-15H2,1H3. The molecule has 4 rings (SSSR count). The predicted molar refractivity (Wildman–Crippen MR) is 115 cm³/mol. The lowest BCUT2D eigenvalue weighted by Gasteiger charge is -2.24. The highest BCUT2D eigenvalue weighted by atomic mass is 19.1. The van der Waals surface area contributed by atoms with Gasteiger partial charge in [-0.3, -0.25) is 9.59 Å². The van der Waals surface area contributed by atoms with Crippen molar-refractivity contribution in [3.8, 4) is 0 Å². The number of hydrogen-bond acceptors (Lipinski definition) is 4. The summed E-state index contributed by atoms with van der Waals surface area (Å²) in [7, 11) is 0. The summed E-state index contributed by atoms with van der Waals surface area (Å²) in [6.45, 7) is 4.14. The summed E-state index contributed by atoms with van der Waals surface area (Å²) in [5, 5.41) is 0. The molecule has 2 saturated heterocycles. The van der Waals surface area contributed by atoms with Gasteiger partial charge in [-0.05, 0) is 63.1 Å². The fraction of sp³-hybridized carbons (Fsp3) is 0.500. The topological polar surface area (TPSA) is 66.4 Å². The van der Waals surface area contributed by atoms with Crippen molar-refractivity contribution >= 4 is 11.8 Å². The minimum Gasteiger partial charge on any atom is -0.339 e. The predicted octanol–water partition coefficient (Wildman–Crippen LogP) is 3.85. The first-order valence-electron chi connectivity index (χ1n) is 11.2. The summed E-state index contributed by atoms with van der Waals surface area (Å²) < 4.78 is 13.0. The summed E-state index contributed by atoms with van der Waals surface area (Å²) in [5.74, 6) is 0.479. The number of amides is 2. The van der Waals surface area contributed by atoms with Crippen LogP contribution in [-0.2, 0) is 11.2 Å². The molecule has 1 aromatic carbocycles. The number of benzene rings is 1. The summed E-state index contributed by atoms with van der Waals surface area (Å²) in [4.78, 5) is 38.4. The van der Waals surface area contributed by atoms with Crippen LogP contribution >= 0.6 is 0 Å². The number of nitrogens with zero attached hydrogens (tertiary/aromatic N) is 4. The number of carbonyl (C=O) groups is 2. The third-order valence-corrected chi connectivity index (χ3v) is 6.26. The highest BCUT2D eigenvalue weighted by molar-refractivity contribution is 5.95. The normalized spacial score (nSPS) is 18.6. The van der Waals surface area contributed by atoms with Crippen molar-refractivity contribution in [2.24, 2.45) is 0 Å². The molecule has 0 radical (unpaired) electrons. The van der Waals surface area contributed by atoms with E-state index in [1.807, 2.05) is 16.7 Å². The first kappa shape index (κ1) is 21.4. The van der Waals surface area contributed by atoms with Gasteiger partial charge in [0.2, 0.25) is 5.91 Å². The summed E-state index contributed by atoms with van der Waals surface area (Å²) in [6, 6.07) is 6.30. The van der Waals surface area contributed by atoms with Crippen molar-refractivity contribution in [2.45, 2.75) is 57.9 Å². The lowest BCUT2D eigenvalue weighted by atomic mass is 10.1. The minimum absolute atomic E-state index is 0.00157. The molecule has 3 heterocycles. The Morgan fingerprint density at radius 3 is 2.55 bits per heavy atom. The molecule has 2 fully saturated rings. The van der Waals surface area contributed by atoms with Gasteiger partial charge in [0.1, 0.15) is 5.82 Å². The van der Waals surface area contributed by atoms with E-state index in [0.717, 1.165) is 57.2 Å². The molecule has 2 aliphatic heterocycles. The molecular formula is C24H29FN4O2. The zero-order valence-corrected chi connectivity index (χ0v) is 18.0. The molecule has 2 aliphatic rings. The molecule has 31 heavy (non-hydrogen) atoms. The van der Waals surface area contributed by atoms with Crippen molar-refractivity contribution in [1.82, 2.24) is 19.8 Å². The van der Waals surface area contributed by atoms with Gasteiger partial charge in [0, 0.05) is 32.3 Å². The molecule has 1 unspecified atom stereocenters. The fourth-order valence-corrected chi connectivity index (χ4v) is 4.52. The zero-order chi connectivity index (χ0) is 21.8. The Labute approximate surface area is 182 Å². The third-order valence-electron chi connectivity index (χ3n) is 6.26. The minimum atomic E-state index is -0.247. The Morgan fingerprint density at radius 1 is 1.10 bits per heavy atom. The van der Waals surface area contributed by atoms with Gasteiger partial charge in [-0.1, -0.05) is 12.1 Å². The van der Waals surface area contributed by atoms with Crippen LogP contribution in [0.4, 0.5) is 4.39 Å². The number of halogens is 1. The Morgan fingerprint density at radius 2 is 1.84 bits per heavy atom. The number of likely N-dealkylation sites (tertiary alicyclic amines) is 2. The summed E-state index contributed by atoms with van der Waals surface area (Å²) >= 11 is 0. The van der Waals surface area contributed by atoms with Crippen LogP contribution < -0.4 is 0 Å². The molecule has 2 amide bonds. The van der Waals surface area contributed by atoms with Crippen LogP contribution in [0.25, 0.3) is 0 Å². The van der Waals surface area contributed by atoms with Crippen molar-refractivity contribution in [3.63, 3.8) is 0 Å². The van der Waals surface area contributed by atoms with E-state index in [0.29, 0.717) is 30.0 Å². The van der Waals surface area contributed by atoms with Gasteiger partial charge in [0.15, 0.2) is 5.82 Å². The van der Waals surface area contributed by atoms with E-state index >= 15 is 0 Å². The van der Waals surface area contributed by atoms with E-state index < -0.39 is 0 Å². The average Bonchev–Trinajstić information content (AvgIpc) is 3.47. The second-order valence-electron chi connectivity index (χ2n) is 8.45. The highest BCUT2D eigenvalue weighted by Crippen LogP contribution is 2.31. The molecule has 2 aromatic rings. The lowest BCUT2D eigenvalue weighted by molar-refractivity contribution is -0.132. The SMILES string of the molecule is Cc1nc(C2CCCN2C(=O)CCCc2ccc(F)cc2)ncc1C(=O)N1CCCC1. The molecule has 0 bridgehead atoms. The summed E-state index contributed by atoms with van der Waals surface area (Å²) in [5.41, 5.74) is 2.27. The largest absolute Gasteiger partial charge is 0.339 e. The zero-order valence-electron chi connectivity index (χ0n) is 18.0. The Hall–Kier alpha value is -2.83.